The Morgan fingerprint density at radius 2 is 0.779 bits per heavy atom. The van der Waals surface area contributed by atoms with Crippen molar-refractivity contribution >= 4 is 5.71 Å². The van der Waals surface area contributed by atoms with Crippen LogP contribution in [0.2, 0.25) is 0 Å². The minimum Gasteiger partial charge on any atom is -0.255 e. The van der Waals surface area contributed by atoms with Crippen LogP contribution < -0.4 is 0 Å². The average Bonchev–Trinajstić information content (AvgIpc) is 3.37. The molecule has 9 aromatic rings. The number of pyridine rings is 5. The summed E-state index contributed by atoms with van der Waals surface area (Å²) in [4.78, 5) is 44.5. The van der Waals surface area contributed by atoms with Crippen molar-refractivity contribution in [3.8, 4) is 90.6 Å². The number of hydrogen-bond acceptors (Lipinski definition) is 9. The molecule has 9 nitrogen and oxygen atoms in total. The van der Waals surface area contributed by atoms with Crippen molar-refractivity contribution < 1.29 is 0 Å². The van der Waals surface area contributed by atoms with Gasteiger partial charge in [-0.15, -0.1) is 0 Å². The molecule has 0 aliphatic rings. The fraction of sp³-hybridized carbons (Fsp3) is 0.136. The SMILES string of the molecule is C=CN=C(C=C)c1cc(-c2cc(-c3cc(-c4ccccn4)nc(-c4ccccn4)c3)cc(-c3nc(-c4ccc(C(C)(C)C)cc4)nc(-c4ccc(C(C)(C)C)cc4)n3)c2)cc(-c2ccccn2)n1. The molecule has 0 unspecified atom stereocenters. The molecule has 332 valence electrons. The normalized spacial score (nSPS) is 11.9. The number of aliphatic imine (C=N–C) groups is 1. The Morgan fingerprint density at radius 1 is 0.397 bits per heavy atom. The van der Waals surface area contributed by atoms with Crippen molar-refractivity contribution in [3.05, 3.63) is 206 Å². The van der Waals surface area contributed by atoms with Crippen molar-refractivity contribution in [2.45, 2.75) is 52.4 Å². The lowest BCUT2D eigenvalue weighted by atomic mass is 9.86. The van der Waals surface area contributed by atoms with Gasteiger partial charge in [0, 0.05) is 41.5 Å². The third-order valence-electron chi connectivity index (χ3n) is 11.6. The van der Waals surface area contributed by atoms with Gasteiger partial charge in [0.2, 0.25) is 0 Å². The Kier molecular flexibility index (Phi) is 12.4. The molecular formula is C59H51N9. The number of aromatic nitrogens is 8. The van der Waals surface area contributed by atoms with E-state index in [2.05, 4.69) is 144 Å². The van der Waals surface area contributed by atoms with Crippen LogP contribution in [0.3, 0.4) is 0 Å². The fourth-order valence-electron chi connectivity index (χ4n) is 7.88. The average molecular weight is 886 g/mol. The van der Waals surface area contributed by atoms with Crippen LogP contribution in [0, 0.1) is 0 Å². The fourth-order valence-corrected chi connectivity index (χ4v) is 7.88. The molecule has 0 bridgehead atoms. The molecule has 0 saturated heterocycles. The highest BCUT2D eigenvalue weighted by Gasteiger charge is 2.20. The number of allylic oxidation sites excluding steroid dienone is 1. The largest absolute Gasteiger partial charge is 0.255 e. The highest BCUT2D eigenvalue weighted by Crippen LogP contribution is 2.37. The quantitative estimate of drug-likeness (QED) is 0.118. The van der Waals surface area contributed by atoms with Gasteiger partial charge in [-0.2, -0.15) is 0 Å². The third-order valence-corrected chi connectivity index (χ3v) is 11.6. The molecule has 0 spiro atoms. The van der Waals surface area contributed by atoms with Gasteiger partial charge in [-0.25, -0.2) is 24.9 Å². The second-order valence-electron chi connectivity index (χ2n) is 18.6. The molecule has 3 aromatic carbocycles. The van der Waals surface area contributed by atoms with Crippen LogP contribution in [0.1, 0.15) is 58.4 Å². The topological polar surface area (TPSA) is 115 Å². The Labute approximate surface area is 398 Å². The van der Waals surface area contributed by atoms with Gasteiger partial charge in [0.05, 0.1) is 45.6 Å². The lowest BCUT2D eigenvalue weighted by molar-refractivity contribution is 0.590. The van der Waals surface area contributed by atoms with E-state index in [0.717, 1.165) is 50.3 Å². The van der Waals surface area contributed by atoms with E-state index in [9.17, 15) is 0 Å². The smallest absolute Gasteiger partial charge is 0.164 e. The second-order valence-corrected chi connectivity index (χ2v) is 18.6. The van der Waals surface area contributed by atoms with Crippen LogP contribution in [-0.4, -0.2) is 45.6 Å². The van der Waals surface area contributed by atoms with Crippen molar-refractivity contribution in [2.24, 2.45) is 4.99 Å². The van der Waals surface area contributed by atoms with Gasteiger partial charge in [0.1, 0.15) is 0 Å². The molecule has 9 rings (SSSR count). The van der Waals surface area contributed by atoms with Gasteiger partial charge in [-0.1, -0.05) is 121 Å². The summed E-state index contributed by atoms with van der Waals surface area (Å²) in [5.41, 5.74) is 13.9. The van der Waals surface area contributed by atoms with Gasteiger partial charge >= 0.3 is 0 Å². The predicted molar refractivity (Wildman–Crippen MR) is 277 cm³/mol. The number of nitrogens with zero attached hydrogens (tertiary/aromatic N) is 9. The first-order valence-electron chi connectivity index (χ1n) is 22.6. The summed E-state index contributed by atoms with van der Waals surface area (Å²) in [5.74, 6) is 1.64. The van der Waals surface area contributed by atoms with Crippen LogP contribution >= 0.6 is 0 Å². The van der Waals surface area contributed by atoms with Crippen molar-refractivity contribution in [1.29, 1.82) is 0 Å². The standard InChI is InChI=1S/C59H51N9/c1-9-47(60-10-2)51-34-42(35-52(64-51)48-17-11-14-28-61-48)40-31-41(43-36-53(49-18-12-15-29-62-49)65-54(37-43)50-19-13-16-30-63-50)33-44(32-40)57-67-55(38-20-24-45(25-21-38)58(3,4)5)66-56(68-57)39-22-26-46(27-23-39)59(6,7)8/h9-37H,1-2H2,3-8H3. The summed E-state index contributed by atoms with van der Waals surface area (Å²) in [6.07, 6.45) is 8.50. The zero-order chi connectivity index (χ0) is 47.4. The molecule has 68 heavy (non-hydrogen) atoms. The molecule has 0 radical (unpaired) electrons. The van der Waals surface area contributed by atoms with Crippen LogP contribution in [0.15, 0.2) is 195 Å². The van der Waals surface area contributed by atoms with Crippen LogP contribution in [0.5, 0.6) is 0 Å². The Balaban J connectivity index is 1.32. The van der Waals surface area contributed by atoms with Crippen LogP contribution in [0.4, 0.5) is 0 Å². The van der Waals surface area contributed by atoms with Gasteiger partial charge < -0.3 is 0 Å². The van der Waals surface area contributed by atoms with Gasteiger partial charge in [0.25, 0.3) is 0 Å². The Morgan fingerprint density at radius 3 is 1.16 bits per heavy atom. The molecule has 6 aromatic heterocycles. The van der Waals surface area contributed by atoms with E-state index in [1.807, 2.05) is 66.7 Å². The molecule has 9 heteroatoms. The maximum Gasteiger partial charge on any atom is 0.164 e. The maximum atomic E-state index is 5.28. The van der Waals surface area contributed by atoms with Crippen LogP contribution in [-0.2, 0) is 10.8 Å². The molecule has 6 heterocycles. The summed E-state index contributed by atoms with van der Waals surface area (Å²) in [5, 5.41) is 0. The summed E-state index contributed by atoms with van der Waals surface area (Å²) < 4.78 is 0. The Bertz CT molecular complexity index is 3160. The molecule has 0 N–H and O–H groups in total. The molecule has 0 saturated carbocycles. The second kappa shape index (κ2) is 18.8. The van der Waals surface area contributed by atoms with Crippen LogP contribution in [0.25, 0.3) is 90.6 Å². The van der Waals surface area contributed by atoms with Crippen molar-refractivity contribution in [3.63, 3.8) is 0 Å². The van der Waals surface area contributed by atoms with E-state index in [1.165, 1.54) is 17.3 Å². The first-order chi connectivity index (χ1) is 32.8. The lowest BCUT2D eigenvalue weighted by Gasteiger charge is -2.19. The number of rotatable bonds is 11. The van der Waals surface area contributed by atoms with E-state index in [4.69, 9.17) is 34.9 Å². The van der Waals surface area contributed by atoms with Gasteiger partial charge in [-0.3, -0.25) is 19.9 Å². The van der Waals surface area contributed by atoms with E-state index < -0.39 is 0 Å². The monoisotopic (exact) mass is 885 g/mol. The molecule has 0 atom stereocenters. The zero-order valence-corrected chi connectivity index (χ0v) is 39.2. The minimum absolute atomic E-state index is 0.0212. The first kappa shape index (κ1) is 44.8. The van der Waals surface area contributed by atoms with Gasteiger partial charge in [0.15, 0.2) is 17.5 Å². The summed E-state index contributed by atoms with van der Waals surface area (Å²) >= 11 is 0. The number of benzene rings is 3. The van der Waals surface area contributed by atoms with E-state index >= 15 is 0 Å². The molecule has 0 amide bonds. The van der Waals surface area contributed by atoms with Gasteiger partial charge in [-0.05, 0) is 129 Å². The molecule has 0 aliphatic carbocycles. The molecule has 0 aliphatic heterocycles. The van der Waals surface area contributed by atoms with E-state index in [-0.39, 0.29) is 10.8 Å². The summed E-state index contributed by atoms with van der Waals surface area (Å²) in [6.45, 7) is 21.2. The first-order valence-corrected chi connectivity index (χ1v) is 22.6. The third kappa shape index (κ3) is 9.88. The molecular weight excluding hydrogens is 835 g/mol. The van der Waals surface area contributed by atoms with E-state index in [0.29, 0.717) is 51.7 Å². The predicted octanol–water partition coefficient (Wildman–Crippen LogP) is 13.9. The zero-order valence-electron chi connectivity index (χ0n) is 39.2. The minimum atomic E-state index is -0.0212. The van der Waals surface area contributed by atoms with Crippen molar-refractivity contribution in [1.82, 2.24) is 39.9 Å². The highest BCUT2D eigenvalue weighted by molar-refractivity contribution is 6.08. The lowest BCUT2D eigenvalue weighted by Crippen LogP contribution is -2.10. The number of hydrogen-bond donors (Lipinski definition) is 0. The summed E-state index contributed by atoms with van der Waals surface area (Å²) in [6, 6.07) is 49.1. The Hall–Kier alpha value is -8.43. The maximum absolute atomic E-state index is 5.28. The molecule has 0 fully saturated rings. The van der Waals surface area contributed by atoms with Crippen molar-refractivity contribution in [2.75, 3.05) is 0 Å². The summed E-state index contributed by atoms with van der Waals surface area (Å²) in [7, 11) is 0. The highest BCUT2D eigenvalue weighted by atomic mass is 15.0. The van der Waals surface area contributed by atoms with E-state index in [1.54, 1.807) is 24.7 Å².